The number of amides is 1. The Balaban J connectivity index is 1.46. The van der Waals surface area contributed by atoms with Crippen molar-refractivity contribution in [2.75, 3.05) is 6.61 Å². The second kappa shape index (κ2) is 8.37. The molecule has 0 aromatic heterocycles. The van der Waals surface area contributed by atoms with Crippen LogP contribution in [0.15, 0.2) is 78.9 Å². The summed E-state index contributed by atoms with van der Waals surface area (Å²) in [5, 5.41) is 11.5. The van der Waals surface area contributed by atoms with Crippen molar-refractivity contribution in [2.45, 2.75) is 18.1 Å². The van der Waals surface area contributed by atoms with Gasteiger partial charge >= 0.3 is 12.1 Å². The lowest BCUT2D eigenvalue weighted by Crippen LogP contribution is -2.44. The molecule has 0 saturated carbocycles. The number of ether oxygens (including phenoxy) is 1. The maximum atomic E-state index is 14.7. The number of benzene rings is 3. The third-order valence-electron chi connectivity index (χ3n) is 5.29. The zero-order valence-electron chi connectivity index (χ0n) is 16.0. The molecule has 30 heavy (non-hydrogen) atoms. The molecule has 0 aliphatic heterocycles. The van der Waals surface area contributed by atoms with E-state index in [1.165, 1.54) is 12.1 Å². The highest BCUT2D eigenvalue weighted by atomic mass is 19.1. The molecule has 4 rings (SSSR count). The zero-order chi connectivity index (χ0) is 21.1. The topological polar surface area (TPSA) is 75.6 Å². The highest BCUT2D eigenvalue weighted by Gasteiger charge is 2.33. The van der Waals surface area contributed by atoms with Gasteiger partial charge in [-0.05, 0) is 27.8 Å². The van der Waals surface area contributed by atoms with E-state index in [-0.39, 0.29) is 18.1 Å². The monoisotopic (exact) mass is 405 g/mol. The number of fused-ring (bicyclic) bond motifs is 3. The fourth-order valence-corrected chi connectivity index (χ4v) is 3.86. The van der Waals surface area contributed by atoms with Crippen molar-refractivity contribution in [3.05, 3.63) is 95.6 Å². The smallest absolute Gasteiger partial charge is 0.407 e. The van der Waals surface area contributed by atoms with Crippen LogP contribution in [0.1, 0.15) is 28.8 Å². The highest BCUT2D eigenvalue weighted by Crippen LogP contribution is 2.44. The van der Waals surface area contributed by atoms with Gasteiger partial charge in [0.25, 0.3) is 0 Å². The van der Waals surface area contributed by atoms with Gasteiger partial charge < -0.3 is 15.2 Å². The Labute approximate surface area is 173 Å². The summed E-state index contributed by atoms with van der Waals surface area (Å²) >= 11 is 0. The van der Waals surface area contributed by atoms with E-state index < -0.39 is 24.3 Å². The number of halogens is 1. The number of rotatable bonds is 6. The van der Waals surface area contributed by atoms with Crippen molar-refractivity contribution < 1.29 is 23.8 Å². The Morgan fingerprint density at radius 3 is 2.00 bits per heavy atom. The lowest BCUT2D eigenvalue weighted by atomic mass is 9.98. The van der Waals surface area contributed by atoms with Gasteiger partial charge in [0.15, 0.2) is 12.2 Å². The zero-order valence-corrected chi connectivity index (χ0v) is 16.0. The average molecular weight is 405 g/mol. The molecule has 0 saturated heterocycles. The maximum Gasteiger partial charge on any atom is 0.407 e. The van der Waals surface area contributed by atoms with E-state index in [1.807, 2.05) is 48.5 Å². The first-order valence-corrected chi connectivity index (χ1v) is 9.59. The molecule has 0 heterocycles. The van der Waals surface area contributed by atoms with Gasteiger partial charge in [0, 0.05) is 5.92 Å². The van der Waals surface area contributed by atoms with Crippen LogP contribution in [0, 0.1) is 0 Å². The Kier molecular flexibility index (Phi) is 5.48. The number of carbonyl (C=O) groups is 2. The van der Waals surface area contributed by atoms with Gasteiger partial charge in [-0.3, -0.25) is 0 Å². The second-order valence-electron chi connectivity index (χ2n) is 7.10. The van der Waals surface area contributed by atoms with E-state index in [2.05, 4.69) is 5.32 Å². The molecule has 0 spiro atoms. The Morgan fingerprint density at radius 1 is 0.900 bits per heavy atom. The van der Waals surface area contributed by atoms with Crippen LogP contribution in [0.5, 0.6) is 0 Å². The van der Waals surface area contributed by atoms with Gasteiger partial charge in [0.05, 0.1) is 0 Å². The Morgan fingerprint density at radius 2 is 1.43 bits per heavy atom. The molecule has 3 aromatic carbocycles. The minimum absolute atomic E-state index is 0.0223. The largest absolute Gasteiger partial charge is 0.480 e. The summed E-state index contributed by atoms with van der Waals surface area (Å²) < 4.78 is 20.0. The summed E-state index contributed by atoms with van der Waals surface area (Å²) in [4.78, 5) is 23.8. The van der Waals surface area contributed by atoms with Crippen LogP contribution in [0.2, 0.25) is 0 Å². The fourth-order valence-electron chi connectivity index (χ4n) is 3.86. The van der Waals surface area contributed by atoms with Crippen molar-refractivity contribution in [2.24, 2.45) is 0 Å². The fraction of sp³-hybridized carbons (Fsp3) is 0.167. The molecule has 0 unspecified atom stereocenters. The molecule has 1 aliphatic carbocycles. The third kappa shape index (κ3) is 3.76. The molecule has 1 amide bonds. The number of carboxylic acid groups (broad SMARTS) is 1. The summed E-state index contributed by atoms with van der Waals surface area (Å²) in [6.07, 6.45) is -2.87. The van der Waals surface area contributed by atoms with Gasteiger partial charge in [-0.15, -0.1) is 0 Å². The van der Waals surface area contributed by atoms with E-state index in [9.17, 15) is 19.1 Å². The van der Waals surface area contributed by atoms with Gasteiger partial charge in [-0.2, -0.15) is 0 Å². The minimum atomic E-state index is -1.90. The quantitative estimate of drug-likeness (QED) is 0.624. The summed E-state index contributed by atoms with van der Waals surface area (Å²) in [5.74, 6) is -1.64. The van der Waals surface area contributed by atoms with E-state index in [4.69, 9.17) is 4.74 Å². The van der Waals surface area contributed by atoms with E-state index in [0.29, 0.717) is 0 Å². The number of nitrogens with one attached hydrogen (secondary N) is 1. The summed E-state index contributed by atoms with van der Waals surface area (Å²) in [6, 6.07) is 21.8. The van der Waals surface area contributed by atoms with Crippen LogP contribution in [-0.2, 0) is 9.53 Å². The third-order valence-corrected chi connectivity index (χ3v) is 5.29. The summed E-state index contributed by atoms with van der Waals surface area (Å²) in [6.45, 7) is 0.0223. The molecule has 0 radical (unpaired) electrons. The van der Waals surface area contributed by atoms with Crippen LogP contribution in [0.4, 0.5) is 9.18 Å². The van der Waals surface area contributed by atoms with Crippen LogP contribution in [0.3, 0.4) is 0 Å². The van der Waals surface area contributed by atoms with Crippen molar-refractivity contribution in [3.8, 4) is 11.1 Å². The van der Waals surface area contributed by atoms with Crippen LogP contribution >= 0.6 is 0 Å². The van der Waals surface area contributed by atoms with Crippen LogP contribution in [0.25, 0.3) is 11.1 Å². The molecule has 1 aliphatic rings. The molecule has 5 nitrogen and oxygen atoms in total. The number of aliphatic carboxylic acids is 1. The molecule has 6 heteroatoms. The molecule has 2 atom stereocenters. The lowest BCUT2D eigenvalue weighted by molar-refractivity contribution is -0.141. The average Bonchev–Trinajstić information content (AvgIpc) is 3.10. The molecule has 0 fully saturated rings. The maximum absolute atomic E-state index is 14.7. The standard InChI is InChI=1S/C24H20FNO4/c25-21(15-8-2-1-3-9-15)22(23(27)28)26-24(29)30-14-20-18-12-6-4-10-16(18)17-11-5-7-13-19(17)20/h1-13,20-22H,14H2,(H,26,29)(H,27,28)/t21-,22-/m0/s1. The van der Waals surface area contributed by atoms with E-state index in [0.717, 1.165) is 22.3 Å². The van der Waals surface area contributed by atoms with Crippen molar-refractivity contribution in [3.63, 3.8) is 0 Å². The molecule has 0 bridgehead atoms. The molecule has 152 valence electrons. The van der Waals surface area contributed by atoms with Gasteiger partial charge in [-0.25, -0.2) is 14.0 Å². The van der Waals surface area contributed by atoms with E-state index >= 15 is 0 Å². The first kappa shape index (κ1) is 19.6. The van der Waals surface area contributed by atoms with Crippen LogP contribution in [-0.4, -0.2) is 29.8 Å². The first-order chi connectivity index (χ1) is 14.6. The number of hydrogen-bond donors (Lipinski definition) is 2. The molecule has 2 N–H and O–H groups in total. The lowest BCUT2D eigenvalue weighted by Gasteiger charge is -2.20. The van der Waals surface area contributed by atoms with Gasteiger partial charge in [0.2, 0.25) is 0 Å². The minimum Gasteiger partial charge on any atom is -0.480 e. The second-order valence-corrected chi connectivity index (χ2v) is 7.10. The summed E-state index contributed by atoms with van der Waals surface area (Å²) in [5.41, 5.74) is 4.41. The number of alkyl halides is 1. The highest BCUT2D eigenvalue weighted by molar-refractivity contribution is 5.81. The van der Waals surface area contributed by atoms with Crippen molar-refractivity contribution >= 4 is 12.1 Å². The predicted molar refractivity (Wildman–Crippen MR) is 110 cm³/mol. The molecular formula is C24H20FNO4. The molecule has 3 aromatic rings. The van der Waals surface area contributed by atoms with Crippen molar-refractivity contribution in [1.29, 1.82) is 0 Å². The van der Waals surface area contributed by atoms with Gasteiger partial charge in [0.1, 0.15) is 6.61 Å². The van der Waals surface area contributed by atoms with Crippen LogP contribution < -0.4 is 5.32 Å². The first-order valence-electron chi connectivity index (χ1n) is 9.59. The number of carboxylic acids is 1. The Bertz CT molecular complexity index is 1020. The Hall–Kier alpha value is -3.67. The van der Waals surface area contributed by atoms with Crippen molar-refractivity contribution in [1.82, 2.24) is 5.32 Å². The SMILES string of the molecule is O=C(N[C@H](C(=O)O)[C@@H](F)c1ccccc1)OCC1c2ccccc2-c2ccccc21. The molecular weight excluding hydrogens is 385 g/mol. The van der Waals surface area contributed by atoms with E-state index in [1.54, 1.807) is 18.2 Å². The van der Waals surface area contributed by atoms with Gasteiger partial charge in [-0.1, -0.05) is 78.9 Å². The number of hydrogen-bond acceptors (Lipinski definition) is 3. The normalized spacial score (nSPS) is 14.3. The number of carbonyl (C=O) groups excluding carboxylic acids is 1. The predicted octanol–water partition coefficient (Wildman–Crippen LogP) is 4.69. The number of alkyl carbamates (subject to hydrolysis) is 1. The summed E-state index contributed by atoms with van der Waals surface area (Å²) in [7, 11) is 0.